The molecule has 1 amide bonds. The number of rotatable bonds is 4. The van der Waals surface area contributed by atoms with Crippen LogP contribution >= 0.6 is 11.6 Å². The van der Waals surface area contributed by atoms with Crippen LogP contribution in [0.2, 0.25) is 0 Å². The van der Waals surface area contributed by atoms with Crippen molar-refractivity contribution in [3.8, 4) is 0 Å². The molecule has 4 N–H and O–H groups in total. The van der Waals surface area contributed by atoms with Crippen molar-refractivity contribution in [3.05, 3.63) is 38.7 Å². The van der Waals surface area contributed by atoms with Crippen molar-refractivity contribution in [2.75, 3.05) is 18.4 Å². The molecule has 0 saturated heterocycles. The van der Waals surface area contributed by atoms with Crippen LogP contribution in [0.1, 0.15) is 31.9 Å². The standard InChI is InChI=1S/C16H19ClN6O2/c1-8-5-18-14(21-12(8)22-16(2,3)15(24)23-25)11-7-20-13-10(11)4-9(17)6-19-13/h4,7,19-20,22H,5-6H2,1-3H3,(H,18,21). The number of nitrogens with one attached hydrogen (secondary N) is 4. The zero-order valence-corrected chi connectivity index (χ0v) is 14.9. The molecule has 0 radical (unpaired) electrons. The average Bonchev–Trinajstić information content (AvgIpc) is 2.98. The van der Waals surface area contributed by atoms with Gasteiger partial charge in [-0.2, -0.15) is 0 Å². The van der Waals surface area contributed by atoms with Crippen LogP contribution in [-0.4, -0.2) is 35.4 Å². The van der Waals surface area contributed by atoms with Gasteiger partial charge in [-0.3, -0.25) is 4.79 Å². The molecule has 3 rings (SSSR count). The fourth-order valence-corrected chi connectivity index (χ4v) is 2.78. The monoisotopic (exact) mass is 362 g/mol. The van der Waals surface area contributed by atoms with E-state index >= 15 is 0 Å². The summed E-state index contributed by atoms with van der Waals surface area (Å²) in [5.74, 6) is 1.30. The van der Waals surface area contributed by atoms with Gasteiger partial charge in [0.2, 0.25) is 0 Å². The molecule has 3 heterocycles. The van der Waals surface area contributed by atoms with Crippen LogP contribution in [-0.2, 0) is 4.79 Å². The molecular formula is C16H19ClN6O2. The highest BCUT2D eigenvalue weighted by Gasteiger charge is 2.31. The fourth-order valence-electron chi connectivity index (χ4n) is 2.61. The van der Waals surface area contributed by atoms with Gasteiger partial charge in [0.25, 0.3) is 0 Å². The molecule has 0 bridgehead atoms. The maximum atomic E-state index is 11.7. The van der Waals surface area contributed by atoms with Crippen LogP contribution in [0.5, 0.6) is 0 Å². The first-order chi connectivity index (χ1) is 11.8. The van der Waals surface area contributed by atoms with Crippen molar-refractivity contribution in [2.45, 2.75) is 26.3 Å². The van der Waals surface area contributed by atoms with E-state index in [-0.39, 0.29) is 0 Å². The van der Waals surface area contributed by atoms with E-state index in [1.165, 1.54) is 0 Å². The predicted octanol–water partition coefficient (Wildman–Crippen LogP) is 2.26. The highest BCUT2D eigenvalue weighted by molar-refractivity contribution is 6.32. The Balaban J connectivity index is 1.94. The fraction of sp³-hybridized carbons (Fsp3) is 0.375. The third kappa shape index (κ3) is 3.30. The summed E-state index contributed by atoms with van der Waals surface area (Å²) in [6.07, 6.45) is 3.74. The Bertz CT molecular complexity index is 834. The van der Waals surface area contributed by atoms with Gasteiger partial charge in [0.15, 0.2) is 0 Å². The number of aromatic amines is 1. The molecule has 0 saturated carbocycles. The Morgan fingerprint density at radius 1 is 1.36 bits per heavy atom. The first-order valence-corrected chi connectivity index (χ1v) is 8.19. The number of aromatic nitrogens is 1. The number of halogens is 1. The quantitative estimate of drug-likeness (QED) is 0.614. The summed E-state index contributed by atoms with van der Waals surface area (Å²) in [4.78, 5) is 30.0. The Kier molecular flexibility index (Phi) is 4.38. The Labute approximate surface area is 149 Å². The van der Waals surface area contributed by atoms with Crippen LogP contribution < -0.4 is 16.0 Å². The minimum Gasteiger partial charge on any atom is -0.366 e. The zero-order chi connectivity index (χ0) is 18.2. The summed E-state index contributed by atoms with van der Waals surface area (Å²) >= 11 is 6.13. The molecule has 2 aliphatic heterocycles. The normalized spacial score (nSPS) is 17.0. The number of carbonyl (C=O) groups is 1. The summed E-state index contributed by atoms with van der Waals surface area (Å²) in [6.45, 7) is 6.23. The number of aliphatic imine (C=N–C) groups is 1. The van der Waals surface area contributed by atoms with Gasteiger partial charge in [0, 0.05) is 34.1 Å². The van der Waals surface area contributed by atoms with Gasteiger partial charge < -0.3 is 20.9 Å². The van der Waals surface area contributed by atoms with E-state index in [1.807, 2.05) is 19.2 Å². The van der Waals surface area contributed by atoms with Crippen molar-refractivity contribution < 1.29 is 4.79 Å². The van der Waals surface area contributed by atoms with E-state index in [0.717, 1.165) is 22.5 Å². The topological polar surface area (TPSA) is 111 Å². The second-order valence-electron chi connectivity index (χ2n) is 6.53. The lowest BCUT2D eigenvalue weighted by atomic mass is 10.0. The largest absolute Gasteiger partial charge is 0.366 e. The maximum absolute atomic E-state index is 11.7. The first-order valence-electron chi connectivity index (χ1n) is 7.82. The SMILES string of the molecule is CC1=C(NC(C)(C)C(=O)N=O)N=C(c2c[nH]c3c2C=C(Cl)CN3)NC1. The van der Waals surface area contributed by atoms with Gasteiger partial charge in [-0.05, 0) is 32.4 Å². The van der Waals surface area contributed by atoms with E-state index in [2.05, 4.69) is 31.1 Å². The van der Waals surface area contributed by atoms with Gasteiger partial charge in [-0.1, -0.05) is 11.6 Å². The Morgan fingerprint density at radius 2 is 2.12 bits per heavy atom. The molecule has 0 atom stereocenters. The van der Waals surface area contributed by atoms with Crippen LogP contribution in [0.25, 0.3) is 6.08 Å². The number of nitrogens with zero attached hydrogens (tertiary/aromatic N) is 2. The lowest BCUT2D eigenvalue weighted by Gasteiger charge is -2.27. The van der Waals surface area contributed by atoms with Crippen molar-refractivity contribution in [2.24, 2.45) is 10.2 Å². The van der Waals surface area contributed by atoms with Gasteiger partial charge in [0.05, 0.1) is 6.54 Å². The molecule has 132 valence electrons. The number of hydrogen-bond acceptors (Lipinski definition) is 6. The molecule has 1 aromatic rings. The molecular weight excluding hydrogens is 344 g/mol. The highest BCUT2D eigenvalue weighted by atomic mass is 35.5. The van der Waals surface area contributed by atoms with Crippen molar-refractivity contribution in [1.29, 1.82) is 0 Å². The Hall–Kier alpha value is -2.61. The van der Waals surface area contributed by atoms with Gasteiger partial charge >= 0.3 is 5.91 Å². The first kappa shape index (κ1) is 17.2. The van der Waals surface area contributed by atoms with E-state index in [4.69, 9.17) is 11.6 Å². The van der Waals surface area contributed by atoms with Gasteiger partial charge in [-0.25, -0.2) is 4.99 Å². The molecule has 9 heteroatoms. The molecule has 0 unspecified atom stereocenters. The number of hydrogen-bond donors (Lipinski definition) is 4. The lowest BCUT2D eigenvalue weighted by molar-refractivity contribution is -0.122. The van der Waals surface area contributed by atoms with Crippen molar-refractivity contribution in [3.63, 3.8) is 0 Å². The number of amidine groups is 1. The van der Waals surface area contributed by atoms with Gasteiger partial charge in [0.1, 0.15) is 23.0 Å². The average molecular weight is 363 g/mol. The molecule has 0 aromatic carbocycles. The molecule has 25 heavy (non-hydrogen) atoms. The van der Waals surface area contributed by atoms with E-state index in [0.29, 0.717) is 29.8 Å². The molecule has 0 spiro atoms. The van der Waals surface area contributed by atoms with Crippen LogP contribution in [0.15, 0.2) is 32.8 Å². The maximum Gasteiger partial charge on any atom is 0.310 e. The van der Waals surface area contributed by atoms with Crippen molar-refractivity contribution in [1.82, 2.24) is 15.6 Å². The molecule has 1 aromatic heterocycles. The van der Waals surface area contributed by atoms with Crippen LogP contribution in [0, 0.1) is 4.91 Å². The molecule has 2 aliphatic rings. The number of H-pyrrole nitrogens is 1. The lowest BCUT2D eigenvalue weighted by Crippen LogP contribution is -2.47. The highest BCUT2D eigenvalue weighted by Crippen LogP contribution is 2.28. The molecule has 0 fully saturated rings. The van der Waals surface area contributed by atoms with E-state index in [1.54, 1.807) is 13.8 Å². The number of fused-ring (bicyclic) bond motifs is 1. The smallest absolute Gasteiger partial charge is 0.310 e. The summed E-state index contributed by atoms with van der Waals surface area (Å²) in [7, 11) is 0. The number of carbonyl (C=O) groups excluding carboxylic acids is 1. The number of nitroso groups, excluding NO2 is 1. The van der Waals surface area contributed by atoms with Gasteiger partial charge in [-0.15, -0.1) is 4.91 Å². The third-order valence-electron chi connectivity index (χ3n) is 4.11. The zero-order valence-electron chi connectivity index (χ0n) is 14.2. The van der Waals surface area contributed by atoms with Crippen molar-refractivity contribution >= 4 is 35.2 Å². The summed E-state index contributed by atoms with van der Waals surface area (Å²) < 4.78 is 0. The number of amides is 1. The van der Waals surface area contributed by atoms with Crippen LogP contribution in [0.3, 0.4) is 0 Å². The third-order valence-corrected chi connectivity index (χ3v) is 4.35. The van der Waals surface area contributed by atoms with Crippen LogP contribution in [0.4, 0.5) is 5.82 Å². The Morgan fingerprint density at radius 3 is 2.84 bits per heavy atom. The minimum absolute atomic E-state index is 0.546. The predicted molar refractivity (Wildman–Crippen MR) is 98.4 cm³/mol. The number of anilines is 1. The second kappa shape index (κ2) is 6.36. The summed E-state index contributed by atoms with van der Waals surface area (Å²) in [6, 6.07) is 0. The molecule has 8 nitrogen and oxygen atoms in total. The summed E-state index contributed by atoms with van der Waals surface area (Å²) in [5, 5.41) is 12.7. The van der Waals surface area contributed by atoms with E-state index in [9.17, 15) is 9.70 Å². The van der Waals surface area contributed by atoms with E-state index < -0.39 is 11.4 Å². The summed E-state index contributed by atoms with van der Waals surface area (Å²) in [5.41, 5.74) is 1.58. The molecule has 0 aliphatic carbocycles. The second-order valence-corrected chi connectivity index (χ2v) is 7.01. The minimum atomic E-state index is -1.13.